The van der Waals surface area contributed by atoms with Crippen LogP contribution in [-0.2, 0) is 14.4 Å². The van der Waals surface area contributed by atoms with Crippen molar-refractivity contribution in [2.45, 2.75) is 47.6 Å². The molecule has 0 fully saturated rings. The predicted molar refractivity (Wildman–Crippen MR) is 107 cm³/mol. The van der Waals surface area contributed by atoms with E-state index in [2.05, 4.69) is 35.9 Å². The predicted octanol–water partition coefficient (Wildman–Crippen LogP) is 0.536. The number of carbonyl (C=O) groups excluding carboxylic acids is 2. The van der Waals surface area contributed by atoms with Gasteiger partial charge in [-0.05, 0) is 44.0 Å². The molecule has 2 atom stereocenters. The van der Waals surface area contributed by atoms with Gasteiger partial charge in [-0.1, -0.05) is 0 Å². The van der Waals surface area contributed by atoms with Gasteiger partial charge < -0.3 is 26.6 Å². The highest BCUT2D eigenvalue weighted by Gasteiger charge is 2.28. The molecule has 0 spiro atoms. The maximum Gasteiger partial charge on any atom is 0.326 e. The Balaban J connectivity index is 2.90. The lowest BCUT2D eigenvalue weighted by Gasteiger charge is -2.20. The molecular weight excluding hydrogens is 406 g/mol. The minimum absolute atomic E-state index is 0.136. The lowest BCUT2D eigenvalue weighted by molar-refractivity contribution is -0.143. The van der Waals surface area contributed by atoms with Gasteiger partial charge in [-0.25, -0.2) is 4.79 Å². The summed E-state index contributed by atoms with van der Waals surface area (Å²) in [4.78, 5) is 48.1. The summed E-state index contributed by atoms with van der Waals surface area (Å²) in [6.07, 6.45) is 0.488. The summed E-state index contributed by atoms with van der Waals surface area (Å²) in [6, 6.07) is 1.80. The summed E-state index contributed by atoms with van der Waals surface area (Å²) >= 11 is 8.27. The Bertz CT molecular complexity index is 723. The van der Waals surface area contributed by atoms with E-state index in [0.29, 0.717) is 29.2 Å². The van der Waals surface area contributed by atoms with Crippen LogP contribution in [0.4, 0.5) is 0 Å². The Kier molecular flexibility index (Phi) is 9.83. The molecule has 0 bridgehead atoms. The Morgan fingerprint density at radius 1 is 0.964 bits per heavy atom. The van der Waals surface area contributed by atoms with Crippen LogP contribution in [0.3, 0.4) is 0 Å². The van der Waals surface area contributed by atoms with Crippen LogP contribution in [0.2, 0.25) is 0 Å². The monoisotopic (exact) mass is 429 g/mol. The smallest absolute Gasteiger partial charge is 0.326 e. The molecule has 0 saturated carbocycles. The fraction of sp³-hybridized carbons (Fsp3) is 0.412. The summed E-state index contributed by atoms with van der Waals surface area (Å²) in [7, 11) is 0. The van der Waals surface area contributed by atoms with Gasteiger partial charge in [0.2, 0.25) is 5.91 Å². The number of nitrogens with two attached hydrogens (primary N) is 1. The minimum Gasteiger partial charge on any atom is -0.481 e. The van der Waals surface area contributed by atoms with Gasteiger partial charge in [0, 0.05) is 15.4 Å². The third kappa shape index (κ3) is 8.19. The van der Waals surface area contributed by atoms with Crippen LogP contribution in [0, 0.1) is 0 Å². The average molecular weight is 430 g/mol. The summed E-state index contributed by atoms with van der Waals surface area (Å²) < 4.78 is 0. The van der Waals surface area contributed by atoms with Crippen molar-refractivity contribution in [2.75, 3.05) is 6.54 Å². The van der Waals surface area contributed by atoms with E-state index in [0.717, 1.165) is 0 Å². The zero-order chi connectivity index (χ0) is 21.3. The highest BCUT2D eigenvalue weighted by Crippen LogP contribution is 2.16. The molecule has 11 heteroatoms. The third-order valence-electron chi connectivity index (χ3n) is 3.73. The molecule has 0 saturated heterocycles. The van der Waals surface area contributed by atoms with Crippen LogP contribution in [0.5, 0.6) is 0 Å². The number of amides is 2. The summed E-state index contributed by atoms with van der Waals surface area (Å²) in [5.41, 5.74) is 5.51. The van der Waals surface area contributed by atoms with E-state index in [1.165, 1.54) is 12.1 Å². The summed E-state index contributed by atoms with van der Waals surface area (Å²) in [6.45, 7) is 0.384. The van der Waals surface area contributed by atoms with Crippen molar-refractivity contribution in [3.63, 3.8) is 0 Å². The Morgan fingerprint density at radius 3 is 2.07 bits per heavy atom. The first-order valence-corrected chi connectivity index (χ1v) is 9.32. The fourth-order valence-corrected chi connectivity index (χ4v) is 3.03. The highest BCUT2D eigenvalue weighted by atomic mass is 32.1. The number of unbranched alkanes of at least 4 members (excludes halogenated alkanes) is 1. The van der Waals surface area contributed by atoms with Gasteiger partial charge in [-0.2, -0.15) is 0 Å². The van der Waals surface area contributed by atoms with Crippen molar-refractivity contribution in [1.82, 2.24) is 10.6 Å². The van der Waals surface area contributed by atoms with E-state index in [9.17, 15) is 24.3 Å². The Morgan fingerprint density at radius 2 is 1.57 bits per heavy atom. The second kappa shape index (κ2) is 11.6. The number of hydrogen-bond donors (Lipinski definition) is 7. The number of aliphatic carboxylic acids is 2. The molecule has 0 aliphatic carbocycles. The number of benzene rings is 1. The SMILES string of the molecule is NCCCC[C@H](NC(=O)[C@H](CC(=O)O)NC(=O)c1cc(S)cc(S)c1)C(=O)O. The average Bonchev–Trinajstić information content (AvgIpc) is 2.58. The Hall–Kier alpha value is -2.24. The molecule has 0 radical (unpaired) electrons. The first-order valence-electron chi connectivity index (χ1n) is 8.43. The first-order chi connectivity index (χ1) is 13.1. The largest absolute Gasteiger partial charge is 0.481 e. The molecule has 6 N–H and O–H groups in total. The summed E-state index contributed by atoms with van der Waals surface area (Å²) in [5, 5.41) is 22.9. The van der Waals surface area contributed by atoms with Crippen molar-refractivity contribution in [3.8, 4) is 0 Å². The van der Waals surface area contributed by atoms with Gasteiger partial charge in [-0.3, -0.25) is 14.4 Å². The first kappa shape index (κ1) is 23.8. The van der Waals surface area contributed by atoms with Crippen LogP contribution < -0.4 is 16.4 Å². The number of carboxylic acid groups (broad SMARTS) is 2. The number of thiol groups is 2. The van der Waals surface area contributed by atoms with Crippen LogP contribution in [0.15, 0.2) is 28.0 Å². The lowest BCUT2D eigenvalue weighted by atomic mass is 10.1. The molecule has 0 heterocycles. The molecule has 9 nitrogen and oxygen atoms in total. The van der Waals surface area contributed by atoms with Gasteiger partial charge in [0.05, 0.1) is 6.42 Å². The molecule has 154 valence electrons. The van der Waals surface area contributed by atoms with E-state index >= 15 is 0 Å². The van der Waals surface area contributed by atoms with Gasteiger partial charge in [-0.15, -0.1) is 25.3 Å². The lowest BCUT2D eigenvalue weighted by Crippen LogP contribution is -2.52. The van der Waals surface area contributed by atoms with Crippen molar-refractivity contribution in [1.29, 1.82) is 0 Å². The topological polar surface area (TPSA) is 159 Å². The second-order valence-electron chi connectivity index (χ2n) is 6.05. The van der Waals surface area contributed by atoms with E-state index in [4.69, 9.17) is 10.8 Å². The minimum atomic E-state index is -1.45. The molecule has 28 heavy (non-hydrogen) atoms. The number of nitrogens with one attached hydrogen (secondary N) is 2. The van der Waals surface area contributed by atoms with Crippen LogP contribution in [0.1, 0.15) is 36.0 Å². The fourth-order valence-electron chi connectivity index (χ4n) is 2.37. The van der Waals surface area contributed by atoms with Crippen molar-refractivity contribution in [3.05, 3.63) is 23.8 Å². The van der Waals surface area contributed by atoms with E-state index in [-0.39, 0.29) is 12.0 Å². The van der Waals surface area contributed by atoms with Gasteiger partial charge in [0.1, 0.15) is 12.1 Å². The normalized spacial score (nSPS) is 12.7. The molecule has 0 aliphatic heterocycles. The number of rotatable bonds is 11. The number of carboxylic acids is 2. The molecule has 2 amide bonds. The maximum atomic E-state index is 12.4. The van der Waals surface area contributed by atoms with E-state index in [1.807, 2.05) is 0 Å². The molecule has 0 unspecified atom stereocenters. The Labute approximate surface area is 172 Å². The summed E-state index contributed by atoms with van der Waals surface area (Å²) in [5.74, 6) is -4.19. The number of hydrogen-bond acceptors (Lipinski definition) is 7. The molecule has 0 aliphatic rings. The van der Waals surface area contributed by atoms with Gasteiger partial charge in [0.15, 0.2) is 0 Å². The molecule has 1 aromatic rings. The van der Waals surface area contributed by atoms with Crippen LogP contribution >= 0.6 is 25.3 Å². The van der Waals surface area contributed by atoms with Crippen molar-refractivity contribution in [2.24, 2.45) is 5.73 Å². The zero-order valence-electron chi connectivity index (χ0n) is 14.9. The van der Waals surface area contributed by atoms with Crippen LogP contribution in [0.25, 0.3) is 0 Å². The zero-order valence-corrected chi connectivity index (χ0v) is 16.7. The second-order valence-corrected chi connectivity index (χ2v) is 7.08. The third-order valence-corrected chi connectivity index (χ3v) is 4.24. The number of carbonyl (C=O) groups is 4. The van der Waals surface area contributed by atoms with E-state index in [1.54, 1.807) is 6.07 Å². The quantitative estimate of drug-likeness (QED) is 0.200. The molecule has 1 aromatic carbocycles. The van der Waals surface area contributed by atoms with Gasteiger partial charge >= 0.3 is 11.9 Å². The van der Waals surface area contributed by atoms with Gasteiger partial charge in [0.25, 0.3) is 5.91 Å². The molecule has 1 rings (SSSR count). The maximum absolute atomic E-state index is 12.4. The standard InChI is InChI=1S/C17H23N3O6S2/c18-4-2-1-3-12(17(25)26)19-16(24)13(8-14(21)22)20-15(23)9-5-10(27)7-11(28)6-9/h5-7,12-13,27-28H,1-4,8,18H2,(H,19,24)(H,20,23)(H,21,22)(H,25,26)/t12-,13-/m0/s1. The molecular formula is C17H23N3O6S2. The highest BCUT2D eigenvalue weighted by molar-refractivity contribution is 7.81. The van der Waals surface area contributed by atoms with Crippen molar-refractivity contribution < 1.29 is 29.4 Å². The molecule has 0 aromatic heterocycles. The van der Waals surface area contributed by atoms with Crippen molar-refractivity contribution >= 4 is 49.0 Å². The van der Waals surface area contributed by atoms with Crippen LogP contribution in [-0.4, -0.2) is 52.6 Å². The van der Waals surface area contributed by atoms with E-state index < -0.39 is 42.3 Å².